The van der Waals surface area contributed by atoms with E-state index in [0.717, 1.165) is 26.1 Å². The molecule has 23 heavy (non-hydrogen) atoms. The van der Waals surface area contributed by atoms with Gasteiger partial charge in [-0.1, -0.05) is 11.6 Å². The summed E-state index contributed by atoms with van der Waals surface area (Å²) in [6.07, 6.45) is 1.46. The first-order valence-electron chi connectivity index (χ1n) is 6.85. The highest BCUT2D eigenvalue weighted by molar-refractivity contribution is 7.19. The highest BCUT2D eigenvalue weighted by Gasteiger charge is 2.13. The standard InChI is InChI=1S/C16H10ClFN4S/c1-8-21-13-5-4-12-14(15(13)23-8)16(20-7-19-12)22-11-3-2-9(17)6-10(11)18/h2-7H,1H3,(H,19,20,22). The van der Waals surface area contributed by atoms with Crippen LogP contribution in [-0.2, 0) is 0 Å². The molecule has 0 spiro atoms. The molecule has 7 heteroatoms. The number of halogens is 2. The second-order valence-electron chi connectivity index (χ2n) is 5.01. The molecule has 0 atom stereocenters. The van der Waals surface area contributed by atoms with Gasteiger partial charge in [0.15, 0.2) is 0 Å². The number of rotatable bonds is 2. The van der Waals surface area contributed by atoms with Gasteiger partial charge in [0, 0.05) is 5.02 Å². The number of nitrogens with one attached hydrogen (secondary N) is 1. The minimum Gasteiger partial charge on any atom is -0.337 e. The lowest BCUT2D eigenvalue weighted by molar-refractivity contribution is 0.632. The quantitative estimate of drug-likeness (QED) is 0.550. The number of hydrogen-bond donors (Lipinski definition) is 1. The maximum Gasteiger partial charge on any atom is 0.148 e. The first-order chi connectivity index (χ1) is 11.1. The van der Waals surface area contributed by atoms with Crippen molar-refractivity contribution >= 4 is 55.6 Å². The Balaban J connectivity index is 1.94. The molecule has 2 aromatic carbocycles. The van der Waals surface area contributed by atoms with Crippen LogP contribution >= 0.6 is 22.9 Å². The Morgan fingerprint density at radius 1 is 1.13 bits per heavy atom. The molecule has 0 aliphatic heterocycles. The molecule has 1 N–H and O–H groups in total. The Bertz CT molecular complexity index is 1050. The molecule has 0 fully saturated rings. The molecule has 0 aliphatic rings. The first kappa shape index (κ1) is 14.3. The minimum absolute atomic E-state index is 0.313. The minimum atomic E-state index is -0.433. The fourth-order valence-corrected chi connectivity index (χ4v) is 3.58. The van der Waals surface area contributed by atoms with Crippen LogP contribution in [0.4, 0.5) is 15.9 Å². The molecular formula is C16H10ClFN4S. The average Bonchev–Trinajstić information content (AvgIpc) is 2.90. The number of benzene rings is 2. The summed E-state index contributed by atoms with van der Waals surface area (Å²) in [4.78, 5) is 13.1. The van der Waals surface area contributed by atoms with Crippen molar-refractivity contribution in [2.24, 2.45) is 0 Å². The zero-order chi connectivity index (χ0) is 16.0. The van der Waals surface area contributed by atoms with Gasteiger partial charge in [0.1, 0.15) is 18.0 Å². The van der Waals surface area contributed by atoms with Gasteiger partial charge in [-0.05, 0) is 37.3 Å². The Kier molecular flexibility index (Phi) is 3.36. The van der Waals surface area contributed by atoms with E-state index in [-0.39, 0.29) is 0 Å². The Morgan fingerprint density at radius 3 is 2.78 bits per heavy atom. The molecule has 0 saturated heterocycles. The summed E-state index contributed by atoms with van der Waals surface area (Å²) in [5.74, 6) is 0.113. The Morgan fingerprint density at radius 2 is 1.96 bits per heavy atom. The van der Waals surface area contributed by atoms with Gasteiger partial charge in [-0.2, -0.15) is 0 Å². The summed E-state index contributed by atoms with van der Waals surface area (Å²) in [6, 6.07) is 8.30. The lowest BCUT2D eigenvalue weighted by atomic mass is 10.2. The van der Waals surface area contributed by atoms with E-state index in [1.807, 2.05) is 19.1 Å². The van der Waals surface area contributed by atoms with Crippen LogP contribution in [0.2, 0.25) is 5.02 Å². The molecule has 0 aliphatic carbocycles. The van der Waals surface area contributed by atoms with E-state index in [1.54, 1.807) is 23.5 Å². The van der Waals surface area contributed by atoms with Crippen LogP contribution in [0.25, 0.3) is 21.1 Å². The molecule has 0 unspecified atom stereocenters. The van der Waals surface area contributed by atoms with Crippen LogP contribution in [0.3, 0.4) is 0 Å². The van der Waals surface area contributed by atoms with Crippen LogP contribution in [-0.4, -0.2) is 15.0 Å². The van der Waals surface area contributed by atoms with Crippen molar-refractivity contribution in [1.82, 2.24) is 15.0 Å². The van der Waals surface area contributed by atoms with Gasteiger partial charge in [-0.25, -0.2) is 19.3 Å². The second-order valence-corrected chi connectivity index (χ2v) is 6.65. The SMILES string of the molecule is Cc1nc2ccc3ncnc(Nc4ccc(Cl)cc4F)c3c2s1. The summed E-state index contributed by atoms with van der Waals surface area (Å²) < 4.78 is 15.0. The van der Waals surface area contributed by atoms with Crippen LogP contribution in [0.15, 0.2) is 36.7 Å². The lowest BCUT2D eigenvalue weighted by Gasteiger charge is -2.09. The van der Waals surface area contributed by atoms with Gasteiger partial charge in [-0.3, -0.25) is 0 Å². The summed E-state index contributed by atoms with van der Waals surface area (Å²) in [6.45, 7) is 1.95. The van der Waals surface area contributed by atoms with E-state index in [9.17, 15) is 4.39 Å². The fourth-order valence-electron chi connectivity index (χ4n) is 2.46. The molecule has 4 aromatic rings. The first-order valence-corrected chi connectivity index (χ1v) is 8.04. The Hall–Kier alpha value is -2.31. The monoisotopic (exact) mass is 344 g/mol. The molecule has 4 nitrogen and oxygen atoms in total. The van der Waals surface area contributed by atoms with Gasteiger partial charge in [0.25, 0.3) is 0 Å². The highest BCUT2D eigenvalue weighted by Crippen LogP contribution is 2.34. The third kappa shape index (κ3) is 2.50. The van der Waals surface area contributed by atoms with E-state index in [0.29, 0.717) is 16.5 Å². The third-order valence-corrected chi connectivity index (χ3v) is 4.69. The number of thiazole rings is 1. The average molecular weight is 345 g/mol. The number of nitrogens with zero attached hydrogens (tertiary/aromatic N) is 3. The number of aromatic nitrogens is 3. The zero-order valence-corrected chi connectivity index (χ0v) is 13.5. The predicted molar refractivity (Wildman–Crippen MR) is 92.1 cm³/mol. The normalized spacial score (nSPS) is 11.3. The van der Waals surface area contributed by atoms with Crippen molar-refractivity contribution < 1.29 is 4.39 Å². The smallest absolute Gasteiger partial charge is 0.148 e. The van der Waals surface area contributed by atoms with Gasteiger partial charge in [0.05, 0.1) is 31.8 Å². The molecule has 0 bridgehead atoms. The maximum absolute atomic E-state index is 14.1. The molecule has 0 amide bonds. The van der Waals surface area contributed by atoms with E-state index in [2.05, 4.69) is 20.3 Å². The van der Waals surface area contributed by atoms with Gasteiger partial charge >= 0.3 is 0 Å². The van der Waals surface area contributed by atoms with Crippen molar-refractivity contribution in [3.8, 4) is 0 Å². The van der Waals surface area contributed by atoms with E-state index in [1.165, 1.54) is 12.4 Å². The van der Waals surface area contributed by atoms with Crippen molar-refractivity contribution in [2.75, 3.05) is 5.32 Å². The van der Waals surface area contributed by atoms with E-state index >= 15 is 0 Å². The Labute approximate surface area is 140 Å². The molecular weight excluding hydrogens is 335 g/mol. The number of fused-ring (bicyclic) bond motifs is 3. The predicted octanol–water partition coefficient (Wildman–Crippen LogP) is 5.08. The fraction of sp³-hybridized carbons (Fsp3) is 0.0625. The second kappa shape index (κ2) is 5.40. The largest absolute Gasteiger partial charge is 0.337 e. The molecule has 0 radical (unpaired) electrons. The number of anilines is 2. The molecule has 114 valence electrons. The van der Waals surface area contributed by atoms with Crippen molar-refractivity contribution in [2.45, 2.75) is 6.92 Å². The molecule has 0 saturated carbocycles. The number of hydrogen-bond acceptors (Lipinski definition) is 5. The maximum atomic E-state index is 14.1. The summed E-state index contributed by atoms with van der Waals surface area (Å²) in [5.41, 5.74) is 1.98. The van der Waals surface area contributed by atoms with Crippen LogP contribution < -0.4 is 5.32 Å². The van der Waals surface area contributed by atoms with Crippen LogP contribution in [0, 0.1) is 12.7 Å². The van der Waals surface area contributed by atoms with Crippen LogP contribution in [0.1, 0.15) is 5.01 Å². The lowest BCUT2D eigenvalue weighted by Crippen LogP contribution is -1.98. The molecule has 2 heterocycles. The van der Waals surface area contributed by atoms with E-state index < -0.39 is 5.82 Å². The molecule has 4 rings (SSSR count). The summed E-state index contributed by atoms with van der Waals surface area (Å²) in [7, 11) is 0. The molecule has 2 aromatic heterocycles. The summed E-state index contributed by atoms with van der Waals surface area (Å²) in [5, 5.41) is 5.18. The highest BCUT2D eigenvalue weighted by atomic mass is 35.5. The van der Waals surface area contributed by atoms with Crippen LogP contribution in [0.5, 0.6) is 0 Å². The topological polar surface area (TPSA) is 50.7 Å². The zero-order valence-electron chi connectivity index (χ0n) is 12.0. The van der Waals surface area contributed by atoms with Gasteiger partial charge in [-0.15, -0.1) is 11.3 Å². The third-order valence-electron chi connectivity index (χ3n) is 3.45. The summed E-state index contributed by atoms with van der Waals surface area (Å²) >= 11 is 7.36. The van der Waals surface area contributed by atoms with Gasteiger partial charge in [0.2, 0.25) is 0 Å². The van der Waals surface area contributed by atoms with Crippen molar-refractivity contribution in [3.05, 3.63) is 52.5 Å². The van der Waals surface area contributed by atoms with Crippen molar-refractivity contribution in [1.29, 1.82) is 0 Å². The van der Waals surface area contributed by atoms with Crippen molar-refractivity contribution in [3.63, 3.8) is 0 Å². The van der Waals surface area contributed by atoms with E-state index in [4.69, 9.17) is 11.6 Å². The van der Waals surface area contributed by atoms with Gasteiger partial charge < -0.3 is 5.32 Å². The number of aryl methyl sites for hydroxylation is 1.